The van der Waals surface area contributed by atoms with Crippen LogP contribution in [0.5, 0.6) is 5.75 Å². The number of esters is 1. The fourth-order valence-corrected chi connectivity index (χ4v) is 7.81. The summed E-state index contributed by atoms with van der Waals surface area (Å²) in [4.78, 5) is 40.4. The number of phenolic OH excluding ortho intramolecular Hbond substituents is 1. The van der Waals surface area contributed by atoms with Gasteiger partial charge in [0.05, 0.1) is 61.8 Å². The van der Waals surface area contributed by atoms with E-state index in [0.717, 1.165) is 16.7 Å². The molecule has 7 atom stereocenters. The summed E-state index contributed by atoms with van der Waals surface area (Å²) in [5, 5.41) is 23.2. The van der Waals surface area contributed by atoms with Crippen LogP contribution in [0.1, 0.15) is 68.8 Å². The van der Waals surface area contributed by atoms with Gasteiger partial charge in [0.1, 0.15) is 24.1 Å². The topological polar surface area (TPSA) is 147 Å². The van der Waals surface area contributed by atoms with Crippen LogP contribution in [0.2, 0.25) is 0 Å². The fraction of sp³-hybridized carbons (Fsp3) is 0.326. The molecule has 11 heteroatoms. The van der Waals surface area contributed by atoms with E-state index in [2.05, 4.69) is 0 Å². The summed E-state index contributed by atoms with van der Waals surface area (Å²) in [5.41, 5.74) is 2.31. The van der Waals surface area contributed by atoms with Crippen LogP contribution < -0.4 is 0 Å². The molecule has 1 aliphatic carbocycles. The summed E-state index contributed by atoms with van der Waals surface area (Å²) in [7, 11) is 0. The second kappa shape index (κ2) is 15.0. The Kier molecular flexibility index (Phi) is 10.0. The smallest absolute Gasteiger partial charge is 0.309 e. The van der Waals surface area contributed by atoms with Crippen LogP contribution in [0.3, 0.4) is 0 Å². The number of rotatable bonds is 11. The van der Waals surface area contributed by atoms with Crippen molar-refractivity contribution < 1.29 is 53.0 Å². The maximum Gasteiger partial charge on any atom is 0.309 e. The standard InChI is InChI=1S/C43H40O11/c1-43(48)37-36(42-32(54-43)20-34(44)53-42)39(46)29-18-17-28(38(45)35(29)40(37)47)30-19-31(50-22-26-13-7-3-8-14-26)41(51-23-27-15-9-4-10-16-27)33(52-30)24-49-21-25-11-5-2-6-12-25/h2-18,30-33,41-42,45,48H,19-24H2,1H3/t30-,31-,32-,33-,41+,42+,43+/m1/s1. The molecular weight excluding hydrogens is 692 g/mol. The van der Waals surface area contributed by atoms with Gasteiger partial charge in [-0.1, -0.05) is 97.1 Å². The Morgan fingerprint density at radius 2 is 1.39 bits per heavy atom. The highest BCUT2D eigenvalue weighted by atomic mass is 16.7. The van der Waals surface area contributed by atoms with Gasteiger partial charge < -0.3 is 38.6 Å². The molecule has 0 spiro atoms. The Balaban J connectivity index is 1.13. The van der Waals surface area contributed by atoms with Crippen LogP contribution in [0.25, 0.3) is 0 Å². The molecule has 0 amide bonds. The number of ether oxygens (including phenoxy) is 6. The first-order chi connectivity index (χ1) is 26.2. The van der Waals surface area contributed by atoms with Crippen molar-refractivity contribution in [2.75, 3.05) is 6.61 Å². The molecule has 54 heavy (non-hydrogen) atoms. The van der Waals surface area contributed by atoms with E-state index in [1.165, 1.54) is 13.0 Å². The molecule has 0 bridgehead atoms. The molecule has 2 N–H and O–H groups in total. The van der Waals surface area contributed by atoms with Crippen LogP contribution in [0.15, 0.2) is 114 Å². The quantitative estimate of drug-likeness (QED) is 0.183. The van der Waals surface area contributed by atoms with Crippen molar-refractivity contribution in [1.82, 2.24) is 0 Å². The maximum absolute atomic E-state index is 14.2. The molecule has 4 aromatic rings. The van der Waals surface area contributed by atoms with Crippen LogP contribution in [-0.4, -0.2) is 70.7 Å². The van der Waals surface area contributed by atoms with E-state index >= 15 is 0 Å². The van der Waals surface area contributed by atoms with Crippen molar-refractivity contribution in [3.05, 3.63) is 148 Å². The molecule has 2 fully saturated rings. The van der Waals surface area contributed by atoms with E-state index in [0.29, 0.717) is 6.61 Å². The number of carbonyl (C=O) groups is 3. The van der Waals surface area contributed by atoms with Crippen molar-refractivity contribution in [3.63, 3.8) is 0 Å². The second-order valence-electron chi connectivity index (χ2n) is 14.1. The van der Waals surface area contributed by atoms with Crippen molar-refractivity contribution >= 4 is 17.5 Å². The summed E-state index contributed by atoms with van der Waals surface area (Å²) in [6, 6.07) is 32.3. The first-order valence-corrected chi connectivity index (χ1v) is 18.1. The van der Waals surface area contributed by atoms with Gasteiger partial charge in [-0.25, -0.2) is 0 Å². The normalized spacial score (nSPS) is 27.6. The van der Waals surface area contributed by atoms with E-state index in [1.807, 2.05) is 91.0 Å². The minimum atomic E-state index is -2.21. The van der Waals surface area contributed by atoms with Crippen molar-refractivity contribution in [2.45, 2.75) is 82.0 Å². The second-order valence-corrected chi connectivity index (χ2v) is 14.1. The highest BCUT2D eigenvalue weighted by Gasteiger charge is 2.56. The third-order valence-corrected chi connectivity index (χ3v) is 10.4. The Morgan fingerprint density at radius 3 is 2.04 bits per heavy atom. The number of aliphatic hydroxyl groups is 1. The van der Waals surface area contributed by atoms with Crippen LogP contribution in [-0.2, 0) is 53.0 Å². The van der Waals surface area contributed by atoms with Gasteiger partial charge in [-0.3, -0.25) is 14.4 Å². The number of benzene rings is 4. The lowest BCUT2D eigenvalue weighted by Crippen LogP contribution is -2.51. The summed E-state index contributed by atoms with van der Waals surface area (Å²) >= 11 is 0. The number of aromatic hydroxyl groups is 1. The number of ketones is 2. The third-order valence-electron chi connectivity index (χ3n) is 10.4. The lowest BCUT2D eigenvalue weighted by atomic mass is 9.75. The zero-order valence-corrected chi connectivity index (χ0v) is 29.6. The van der Waals surface area contributed by atoms with Gasteiger partial charge in [0.25, 0.3) is 0 Å². The van der Waals surface area contributed by atoms with E-state index in [-0.39, 0.29) is 60.5 Å². The Morgan fingerprint density at radius 1 is 0.778 bits per heavy atom. The lowest BCUT2D eigenvalue weighted by Gasteiger charge is -2.42. The number of Topliss-reactive ketones (excluding diaryl/α,β-unsaturated/α-hetero) is 2. The van der Waals surface area contributed by atoms with E-state index in [1.54, 1.807) is 6.07 Å². The molecule has 3 aliphatic heterocycles. The van der Waals surface area contributed by atoms with Gasteiger partial charge in [-0.05, 0) is 29.7 Å². The van der Waals surface area contributed by atoms with Gasteiger partial charge in [-0.15, -0.1) is 0 Å². The van der Waals surface area contributed by atoms with E-state index in [4.69, 9.17) is 28.4 Å². The van der Waals surface area contributed by atoms with Crippen LogP contribution in [0.4, 0.5) is 0 Å². The minimum Gasteiger partial charge on any atom is -0.507 e. The average Bonchev–Trinajstić information content (AvgIpc) is 3.54. The highest BCUT2D eigenvalue weighted by molar-refractivity contribution is 6.29. The largest absolute Gasteiger partial charge is 0.507 e. The SMILES string of the molecule is C[C@]1(O)O[C@@H]2CC(=O)O[C@@H]2C2=C1C(=O)c1c(ccc([C@H]3C[C@@H](OCc4ccccc4)[C@H](OCc4ccccc4)[C@@H](COCc4ccccc4)O3)c1O)C2=O. The van der Waals surface area contributed by atoms with Crippen LogP contribution >= 0.6 is 0 Å². The Bertz CT molecular complexity index is 2060. The molecule has 0 saturated carbocycles. The molecule has 4 aliphatic rings. The maximum atomic E-state index is 14.2. The summed E-state index contributed by atoms with van der Waals surface area (Å²) < 4.78 is 37.2. The Labute approximate surface area is 312 Å². The molecule has 3 heterocycles. The molecule has 278 valence electrons. The molecule has 11 nitrogen and oxygen atoms in total. The van der Waals surface area contributed by atoms with Gasteiger partial charge in [0.2, 0.25) is 0 Å². The van der Waals surface area contributed by atoms with Gasteiger partial charge in [-0.2, -0.15) is 0 Å². The first kappa shape index (κ1) is 36.0. The molecule has 0 unspecified atom stereocenters. The summed E-state index contributed by atoms with van der Waals surface area (Å²) in [5.74, 6) is -4.71. The number of fused-ring (bicyclic) bond motifs is 3. The number of carbonyl (C=O) groups excluding carboxylic acids is 3. The predicted octanol–water partition coefficient (Wildman–Crippen LogP) is 5.71. The van der Waals surface area contributed by atoms with Gasteiger partial charge in [0, 0.05) is 17.5 Å². The minimum absolute atomic E-state index is 0.0705. The molecule has 0 aromatic heterocycles. The number of hydrogen-bond donors (Lipinski definition) is 2. The third kappa shape index (κ3) is 7.02. The van der Waals surface area contributed by atoms with Gasteiger partial charge in [0.15, 0.2) is 23.5 Å². The van der Waals surface area contributed by atoms with Gasteiger partial charge >= 0.3 is 5.97 Å². The monoisotopic (exact) mass is 732 g/mol. The predicted molar refractivity (Wildman–Crippen MR) is 192 cm³/mol. The van der Waals surface area contributed by atoms with Crippen molar-refractivity contribution in [3.8, 4) is 5.75 Å². The van der Waals surface area contributed by atoms with Crippen molar-refractivity contribution in [2.24, 2.45) is 0 Å². The molecule has 2 saturated heterocycles. The molecule has 4 aromatic carbocycles. The fourth-order valence-electron chi connectivity index (χ4n) is 7.81. The summed E-state index contributed by atoms with van der Waals surface area (Å²) in [6.45, 7) is 2.26. The first-order valence-electron chi connectivity index (χ1n) is 18.1. The molecule has 0 radical (unpaired) electrons. The zero-order valence-electron chi connectivity index (χ0n) is 29.6. The average molecular weight is 733 g/mol. The van der Waals surface area contributed by atoms with E-state index < -0.39 is 65.7 Å². The van der Waals surface area contributed by atoms with Crippen molar-refractivity contribution in [1.29, 1.82) is 0 Å². The Hall–Kier alpha value is -5.01. The van der Waals surface area contributed by atoms with E-state index in [9.17, 15) is 24.6 Å². The molecular formula is C43H40O11. The lowest BCUT2D eigenvalue weighted by molar-refractivity contribution is -0.222. The molecule has 8 rings (SSSR count). The number of phenols is 1. The van der Waals surface area contributed by atoms with Crippen LogP contribution in [0, 0.1) is 0 Å². The number of hydrogen-bond acceptors (Lipinski definition) is 11. The highest BCUT2D eigenvalue weighted by Crippen LogP contribution is 2.48. The summed E-state index contributed by atoms with van der Waals surface area (Å²) in [6.07, 6.45) is -4.67. The zero-order chi connectivity index (χ0) is 37.4.